The summed E-state index contributed by atoms with van der Waals surface area (Å²) in [6.45, 7) is 5.98. The largest absolute Gasteiger partial charge is 0.340 e. The molecule has 0 saturated heterocycles. The number of anilines is 2. The van der Waals surface area contributed by atoms with Gasteiger partial charge in [-0.05, 0) is 31.2 Å². The van der Waals surface area contributed by atoms with Gasteiger partial charge in [-0.2, -0.15) is 0 Å². The number of sulfonamides is 1. The van der Waals surface area contributed by atoms with Crippen molar-refractivity contribution in [2.45, 2.75) is 20.0 Å². The standard InChI is InChI=1S/C18H25N3O3SSi/c1-4-25(23,24)21-16-12-10-15(11-13-16)20-18(22)19-14-26(2,3)17-8-6-5-7-9-17/h5-13,21H,4,14H2,1-3H3,(H2,19,20,22). The fraction of sp³-hybridized carbons (Fsp3) is 0.278. The third-order valence-corrected chi connectivity index (χ3v) is 8.31. The van der Waals surface area contributed by atoms with E-state index in [1.54, 1.807) is 31.2 Å². The van der Waals surface area contributed by atoms with Gasteiger partial charge in [-0.25, -0.2) is 13.2 Å². The Labute approximate surface area is 156 Å². The molecule has 8 heteroatoms. The van der Waals surface area contributed by atoms with Gasteiger partial charge in [0.05, 0.1) is 5.75 Å². The van der Waals surface area contributed by atoms with Crippen LogP contribution in [0.1, 0.15) is 6.92 Å². The summed E-state index contributed by atoms with van der Waals surface area (Å²) < 4.78 is 25.5. The van der Waals surface area contributed by atoms with Crippen molar-refractivity contribution in [1.82, 2.24) is 5.32 Å². The quantitative estimate of drug-likeness (QED) is 0.634. The zero-order valence-corrected chi connectivity index (χ0v) is 17.1. The van der Waals surface area contributed by atoms with Gasteiger partial charge >= 0.3 is 6.03 Å². The van der Waals surface area contributed by atoms with E-state index in [9.17, 15) is 13.2 Å². The Hall–Kier alpha value is -2.32. The number of carbonyl (C=O) groups excluding carboxylic acids is 1. The Kier molecular flexibility index (Phi) is 6.44. The van der Waals surface area contributed by atoms with Crippen molar-refractivity contribution < 1.29 is 13.2 Å². The number of hydrogen-bond acceptors (Lipinski definition) is 3. The van der Waals surface area contributed by atoms with Crippen molar-refractivity contribution in [3.8, 4) is 0 Å². The highest BCUT2D eigenvalue weighted by molar-refractivity contribution is 7.92. The minimum Gasteiger partial charge on any atom is -0.340 e. The van der Waals surface area contributed by atoms with Crippen molar-refractivity contribution in [2.75, 3.05) is 22.0 Å². The molecule has 0 radical (unpaired) electrons. The lowest BCUT2D eigenvalue weighted by Gasteiger charge is -2.23. The Morgan fingerprint density at radius 1 is 0.962 bits per heavy atom. The predicted molar refractivity (Wildman–Crippen MR) is 110 cm³/mol. The molecule has 0 spiro atoms. The van der Waals surface area contributed by atoms with Crippen molar-refractivity contribution in [3.63, 3.8) is 0 Å². The van der Waals surface area contributed by atoms with Crippen LogP contribution in [-0.4, -0.2) is 34.4 Å². The SMILES string of the molecule is CCS(=O)(=O)Nc1ccc(NC(=O)NC[Si](C)(C)c2ccccc2)cc1. The lowest BCUT2D eigenvalue weighted by molar-refractivity contribution is 0.253. The second-order valence-corrected chi connectivity index (χ2v) is 13.4. The molecule has 2 aromatic carbocycles. The number of nitrogens with one attached hydrogen (secondary N) is 3. The molecule has 140 valence electrons. The smallest absolute Gasteiger partial charge is 0.318 e. The minimum absolute atomic E-state index is 0.0104. The average Bonchev–Trinajstić information content (AvgIpc) is 2.62. The molecule has 3 N–H and O–H groups in total. The molecule has 0 fully saturated rings. The van der Waals surface area contributed by atoms with Crippen LogP contribution in [-0.2, 0) is 10.0 Å². The van der Waals surface area contributed by atoms with Crippen LogP contribution in [0.4, 0.5) is 16.2 Å². The van der Waals surface area contributed by atoms with Crippen LogP contribution < -0.4 is 20.5 Å². The first-order chi connectivity index (χ1) is 12.2. The Morgan fingerprint density at radius 2 is 1.54 bits per heavy atom. The van der Waals surface area contributed by atoms with Gasteiger partial charge in [0.1, 0.15) is 8.07 Å². The number of benzene rings is 2. The summed E-state index contributed by atoms with van der Waals surface area (Å²) in [5, 5.41) is 6.98. The van der Waals surface area contributed by atoms with Crippen molar-refractivity contribution >= 4 is 40.7 Å². The van der Waals surface area contributed by atoms with Crippen LogP contribution in [0.25, 0.3) is 0 Å². The molecule has 0 aliphatic heterocycles. The second-order valence-electron chi connectivity index (χ2n) is 6.64. The third kappa shape index (κ3) is 5.89. The molecule has 2 aromatic rings. The monoisotopic (exact) mass is 391 g/mol. The fourth-order valence-electron chi connectivity index (χ4n) is 2.34. The van der Waals surface area contributed by atoms with E-state index in [0.29, 0.717) is 17.5 Å². The molecule has 2 rings (SSSR count). The Bertz CT molecular complexity index is 838. The van der Waals surface area contributed by atoms with Crippen LogP contribution in [0.2, 0.25) is 13.1 Å². The second kappa shape index (κ2) is 8.37. The number of rotatable bonds is 7. The first-order valence-corrected chi connectivity index (χ1v) is 13.3. The maximum Gasteiger partial charge on any atom is 0.318 e. The lowest BCUT2D eigenvalue weighted by Crippen LogP contribution is -2.52. The van der Waals surface area contributed by atoms with Crippen LogP contribution >= 0.6 is 0 Å². The van der Waals surface area contributed by atoms with Crippen molar-refractivity contribution in [3.05, 3.63) is 54.6 Å². The van der Waals surface area contributed by atoms with Crippen molar-refractivity contribution in [1.29, 1.82) is 0 Å². The van der Waals surface area contributed by atoms with E-state index in [4.69, 9.17) is 0 Å². The van der Waals surface area contributed by atoms with E-state index in [0.717, 1.165) is 0 Å². The summed E-state index contributed by atoms with van der Waals surface area (Å²) in [5.41, 5.74) is 1.07. The molecule has 0 aliphatic rings. The molecule has 0 bridgehead atoms. The molecule has 2 amide bonds. The van der Waals surface area contributed by atoms with E-state index < -0.39 is 18.1 Å². The lowest BCUT2D eigenvalue weighted by atomic mass is 10.3. The molecule has 0 unspecified atom stereocenters. The summed E-state index contributed by atoms with van der Waals surface area (Å²) in [4.78, 5) is 12.1. The summed E-state index contributed by atoms with van der Waals surface area (Å²) in [7, 11) is -5.05. The number of urea groups is 1. The zero-order valence-electron chi connectivity index (χ0n) is 15.2. The first kappa shape index (κ1) is 20.0. The normalized spacial score (nSPS) is 11.7. The van der Waals surface area contributed by atoms with Crippen LogP contribution in [0.15, 0.2) is 54.6 Å². The van der Waals surface area contributed by atoms with Gasteiger partial charge in [0.2, 0.25) is 10.0 Å². The van der Waals surface area contributed by atoms with Gasteiger partial charge in [0.15, 0.2) is 0 Å². The number of amides is 2. The number of carbonyl (C=O) groups is 1. The number of hydrogen-bond donors (Lipinski definition) is 3. The third-order valence-electron chi connectivity index (χ3n) is 4.04. The molecule has 0 saturated carbocycles. The molecule has 6 nitrogen and oxygen atoms in total. The highest BCUT2D eigenvalue weighted by Crippen LogP contribution is 2.15. The van der Waals surface area contributed by atoms with Crippen LogP contribution in [0.3, 0.4) is 0 Å². The Balaban J connectivity index is 1.90. The molecular weight excluding hydrogens is 366 g/mol. The highest BCUT2D eigenvalue weighted by Gasteiger charge is 2.23. The van der Waals surface area contributed by atoms with E-state index in [1.807, 2.05) is 18.2 Å². The van der Waals surface area contributed by atoms with E-state index in [-0.39, 0.29) is 11.8 Å². The molecule has 0 heterocycles. The summed E-state index contributed by atoms with van der Waals surface area (Å²) >= 11 is 0. The minimum atomic E-state index is -3.30. The summed E-state index contributed by atoms with van der Waals surface area (Å²) in [6, 6.07) is 16.5. The molecule has 26 heavy (non-hydrogen) atoms. The van der Waals surface area contributed by atoms with Crippen LogP contribution in [0, 0.1) is 0 Å². The fourth-order valence-corrected chi connectivity index (χ4v) is 4.88. The highest BCUT2D eigenvalue weighted by atomic mass is 32.2. The maximum absolute atomic E-state index is 12.1. The van der Waals surface area contributed by atoms with E-state index in [1.165, 1.54) is 5.19 Å². The zero-order chi connectivity index (χ0) is 19.2. The van der Waals surface area contributed by atoms with Gasteiger partial charge in [-0.3, -0.25) is 4.72 Å². The van der Waals surface area contributed by atoms with Crippen LogP contribution in [0.5, 0.6) is 0 Å². The van der Waals surface area contributed by atoms with Gasteiger partial charge in [-0.15, -0.1) is 0 Å². The Morgan fingerprint density at radius 3 is 2.12 bits per heavy atom. The van der Waals surface area contributed by atoms with Gasteiger partial charge in [0, 0.05) is 17.5 Å². The first-order valence-electron chi connectivity index (χ1n) is 8.43. The summed E-state index contributed by atoms with van der Waals surface area (Å²) in [5.74, 6) is 0.0104. The van der Waals surface area contributed by atoms with Gasteiger partial charge in [-0.1, -0.05) is 48.6 Å². The predicted octanol–water partition coefficient (Wildman–Crippen LogP) is 2.72. The topological polar surface area (TPSA) is 87.3 Å². The maximum atomic E-state index is 12.1. The van der Waals surface area contributed by atoms with Crippen molar-refractivity contribution in [2.24, 2.45) is 0 Å². The molecule has 0 aromatic heterocycles. The van der Waals surface area contributed by atoms with Gasteiger partial charge in [0.25, 0.3) is 0 Å². The molecule has 0 atom stereocenters. The molecular formula is C18H25N3O3SSi. The molecule has 0 aliphatic carbocycles. The summed E-state index contributed by atoms with van der Waals surface area (Å²) in [6.07, 6.45) is 0.622. The van der Waals surface area contributed by atoms with Gasteiger partial charge < -0.3 is 10.6 Å². The van der Waals surface area contributed by atoms with E-state index >= 15 is 0 Å². The van der Waals surface area contributed by atoms with E-state index in [2.05, 4.69) is 40.6 Å². The average molecular weight is 392 g/mol.